The Labute approximate surface area is 321 Å². The summed E-state index contributed by atoms with van der Waals surface area (Å²) in [7, 11) is 0. The van der Waals surface area contributed by atoms with Gasteiger partial charge in [-0.1, -0.05) is 72.4 Å². The molecule has 4 aliphatic rings. The average Bonchev–Trinajstić information content (AvgIpc) is 3.68. The number of aromatic hydroxyl groups is 1. The molecule has 4 fully saturated rings. The van der Waals surface area contributed by atoms with Crippen molar-refractivity contribution in [2.24, 2.45) is 11.8 Å². The van der Waals surface area contributed by atoms with Crippen LogP contribution in [0.5, 0.6) is 11.5 Å². The van der Waals surface area contributed by atoms with E-state index >= 15 is 0 Å². The topological polar surface area (TPSA) is 120 Å². The first-order chi connectivity index (χ1) is 24.2. The minimum absolute atomic E-state index is 0. The van der Waals surface area contributed by atoms with E-state index in [-0.39, 0.29) is 47.0 Å². The molecule has 3 aliphatic heterocycles. The highest BCUT2D eigenvalue weighted by Gasteiger charge is 2.48. The molecule has 3 aromatic carbocycles. The molecule has 51 heavy (non-hydrogen) atoms. The van der Waals surface area contributed by atoms with Crippen LogP contribution in [0, 0.1) is 11.8 Å². The van der Waals surface area contributed by atoms with Gasteiger partial charge in [0.15, 0.2) is 5.75 Å². The molecule has 3 aromatic rings. The van der Waals surface area contributed by atoms with Crippen LogP contribution in [0.4, 0.5) is 5.69 Å². The minimum atomic E-state index is -0.942. The predicted octanol–water partition coefficient (Wildman–Crippen LogP) is 7.14. The summed E-state index contributed by atoms with van der Waals surface area (Å²) < 4.78 is 13.9. The zero-order valence-corrected chi connectivity index (χ0v) is 32.2. The van der Waals surface area contributed by atoms with Crippen molar-refractivity contribution in [3.8, 4) is 11.5 Å². The summed E-state index contributed by atoms with van der Waals surface area (Å²) in [5.41, 5.74) is 1.67. The fourth-order valence-electron chi connectivity index (χ4n) is 8.36. The van der Waals surface area contributed by atoms with Gasteiger partial charge in [0.05, 0.1) is 54.7 Å². The van der Waals surface area contributed by atoms with Gasteiger partial charge < -0.3 is 39.9 Å². The van der Waals surface area contributed by atoms with Crippen molar-refractivity contribution in [1.82, 2.24) is 5.32 Å². The van der Waals surface area contributed by atoms with Crippen molar-refractivity contribution < 1.29 is 34.1 Å². The monoisotopic (exact) mass is 806 g/mol. The van der Waals surface area contributed by atoms with E-state index in [4.69, 9.17) is 32.7 Å². The van der Waals surface area contributed by atoms with E-state index in [9.17, 15) is 20.1 Å². The summed E-state index contributed by atoms with van der Waals surface area (Å²) >= 11 is 13.2. The number of aliphatic hydroxyl groups is 2. The summed E-state index contributed by atoms with van der Waals surface area (Å²) in [6.45, 7) is 5.78. The molecule has 3 heterocycles. The van der Waals surface area contributed by atoms with Gasteiger partial charge in [-0.15, -0.1) is 17.0 Å². The molecule has 1 saturated carbocycles. The van der Waals surface area contributed by atoms with E-state index in [0.717, 1.165) is 73.9 Å². The van der Waals surface area contributed by atoms with E-state index < -0.39 is 11.7 Å². The lowest BCUT2D eigenvalue weighted by atomic mass is 9.80. The van der Waals surface area contributed by atoms with Gasteiger partial charge >= 0.3 is 0 Å². The molecule has 12 heteroatoms. The van der Waals surface area contributed by atoms with Crippen LogP contribution in [0.25, 0.3) is 0 Å². The molecule has 0 unspecified atom stereocenters. The van der Waals surface area contributed by atoms with Crippen LogP contribution in [-0.2, 0) is 21.7 Å². The van der Waals surface area contributed by atoms with Gasteiger partial charge in [-0.3, -0.25) is 4.79 Å². The number of hydrogen-bond acceptors (Lipinski definition) is 7. The number of phenolic OH excluding ortho intramolecular Hbond substituents is 1. The molecular formula is C39H51BrCl2N3O6+. The Bertz CT molecular complexity index is 1570. The smallest absolute Gasteiger partial charge is 0.211 e. The maximum absolute atomic E-state index is 12.0. The average molecular weight is 809 g/mol. The Balaban J connectivity index is 0.00000504. The Hall–Kier alpha value is -2.41. The van der Waals surface area contributed by atoms with Gasteiger partial charge in [0.2, 0.25) is 6.41 Å². The van der Waals surface area contributed by atoms with Crippen molar-refractivity contribution in [3.63, 3.8) is 0 Å². The van der Waals surface area contributed by atoms with Crippen molar-refractivity contribution in [3.05, 3.63) is 87.4 Å². The largest absolute Gasteiger partial charge is 0.506 e. The second kappa shape index (κ2) is 18.1. The number of nitrogens with zero attached hydrogens (tertiary/aromatic N) is 1. The SMILES string of the molecule is Br.O=CNc1cc([C@@H](O)CNCc2cc(Cl)c(OCCC[N+]34CCC(CC3)[C@@H](OC[C@@](O)(c3ccccc3)C3CCCC3)C4)c(Cl)c2)ccc1O. The predicted molar refractivity (Wildman–Crippen MR) is 206 cm³/mol. The highest BCUT2D eigenvalue weighted by molar-refractivity contribution is 8.93. The standard InChI is InChI=1S/C39H49Cl2N3O6.BrH/c40-32-19-27(22-42-23-36(47)29-11-12-35(46)34(21-29)43-26-45)20-33(41)38(32)49-18-6-15-44-16-13-28(14-17-44)37(24-44)50-25-39(48,31-9-4-5-10-31)30-7-2-1-3-8-30;/h1-3,7-8,11-12,19-21,26,28,31,36-37,42,47-48H,4-6,9-10,13-18,22-25H2,(H-,43,45,46);1H/p+1/t28?,36-,37-,39+,44?;/m0./s1. The number of rotatable bonds is 17. The van der Waals surface area contributed by atoms with E-state index in [1.54, 1.807) is 6.07 Å². The molecule has 1 amide bonds. The van der Waals surface area contributed by atoms with Crippen LogP contribution in [0.1, 0.15) is 67.7 Å². The number of benzene rings is 3. The van der Waals surface area contributed by atoms with Crippen molar-refractivity contribution in [2.45, 2.75) is 69.3 Å². The number of fused-ring (bicyclic) bond motifs is 3. The van der Waals surface area contributed by atoms with Crippen LogP contribution in [0.2, 0.25) is 10.0 Å². The number of halogens is 3. The lowest BCUT2D eigenvalue weighted by molar-refractivity contribution is -0.946. The third-order valence-electron chi connectivity index (χ3n) is 11.2. The molecule has 3 saturated heterocycles. The van der Waals surface area contributed by atoms with Crippen LogP contribution >= 0.6 is 40.2 Å². The summed E-state index contributed by atoms with van der Waals surface area (Å²) in [5, 5.41) is 39.0. The lowest BCUT2D eigenvalue weighted by Gasteiger charge is -2.53. The molecule has 7 rings (SSSR count). The first-order valence-corrected chi connectivity index (χ1v) is 18.7. The molecule has 0 radical (unpaired) electrons. The minimum Gasteiger partial charge on any atom is -0.506 e. The maximum atomic E-state index is 12.0. The number of hydrogen-bond donors (Lipinski definition) is 5. The molecule has 9 nitrogen and oxygen atoms in total. The highest BCUT2D eigenvalue weighted by Crippen LogP contribution is 2.43. The summed E-state index contributed by atoms with van der Waals surface area (Å²) in [6, 6.07) is 18.3. The van der Waals surface area contributed by atoms with Crippen molar-refractivity contribution in [2.75, 3.05) is 51.3 Å². The van der Waals surface area contributed by atoms with Crippen LogP contribution in [0.3, 0.4) is 0 Å². The number of aliphatic hydroxyl groups excluding tert-OH is 1. The Morgan fingerprint density at radius 1 is 1.00 bits per heavy atom. The Morgan fingerprint density at radius 2 is 1.71 bits per heavy atom. The summed E-state index contributed by atoms with van der Waals surface area (Å²) in [4.78, 5) is 10.8. The van der Waals surface area contributed by atoms with Crippen LogP contribution < -0.4 is 15.4 Å². The second-order valence-corrected chi connectivity index (χ2v) is 15.2. The summed E-state index contributed by atoms with van der Waals surface area (Å²) in [6.07, 6.45) is 7.37. The number of carbonyl (C=O) groups is 1. The van der Waals surface area contributed by atoms with Gasteiger partial charge in [0.25, 0.3) is 0 Å². The van der Waals surface area contributed by atoms with Gasteiger partial charge in [0, 0.05) is 38.3 Å². The fourth-order valence-corrected chi connectivity index (χ4v) is 9.00. The molecule has 5 N–H and O–H groups in total. The zero-order valence-electron chi connectivity index (χ0n) is 28.9. The maximum Gasteiger partial charge on any atom is 0.211 e. The molecule has 2 bridgehead atoms. The molecule has 3 atom stereocenters. The lowest BCUT2D eigenvalue weighted by Crippen LogP contribution is -2.65. The second-order valence-electron chi connectivity index (χ2n) is 14.4. The van der Waals surface area contributed by atoms with Crippen LogP contribution in [-0.4, -0.2) is 78.3 Å². The van der Waals surface area contributed by atoms with Gasteiger partial charge in [-0.2, -0.15) is 0 Å². The van der Waals surface area contributed by atoms with Crippen LogP contribution in [0.15, 0.2) is 60.7 Å². The normalized spacial score (nSPS) is 23.3. The zero-order chi connectivity index (χ0) is 35.1. The molecular weight excluding hydrogens is 757 g/mol. The Kier molecular flexibility index (Phi) is 14.1. The van der Waals surface area contributed by atoms with Gasteiger partial charge in [-0.05, 0) is 59.7 Å². The van der Waals surface area contributed by atoms with E-state index in [1.165, 1.54) is 25.0 Å². The number of piperidine rings is 3. The number of carbonyl (C=O) groups excluding carboxylic acids is 1. The molecule has 0 spiro atoms. The number of phenols is 1. The molecule has 278 valence electrons. The highest BCUT2D eigenvalue weighted by atomic mass is 79.9. The number of amides is 1. The van der Waals surface area contributed by atoms with Crippen molar-refractivity contribution in [1.29, 1.82) is 0 Å². The quantitative estimate of drug-likeness (QED) is 0.0426. The van der Waals surface area contributed by atoms with E-state index in [1.807, 2.05) is 42.5 Å². The number of nitrogens with one attached hydrogen (secondary N) is 2. The third kappa shape index (κ3) is 9.58. The fraction of sp³-hybridized carbons (Fsp3) is 0.513. The Morgan fingerprint density at radius 3 is 2.39 bits per heavy atom. The summed E-state index contributed by atoms with van der Waals surface area (Å²) in [5.74, 6) is 1.19. The number of ether oxygens (including phenoxy) is 2. The number of anilines is 1. The third-order valence-corrected chi connectivity index (χ3v) is 11.8. The molecule has 1 aliphatic carbocycles. The van der Waals surface area contributed by atoms with E-state index in [2.05, 4.69) is 10.6 Å². The van der Waals surface area contributed by atoms with E-state index in [0.29, 0.717) is 53.4 Å². The van der Waals surface area contributed by atoms with Crippen molar-refractivity contribution >= 4 is 52.3 Å². The first-order valence-electron chi connectivity index (χ1n) is 18.0. The first kappa shape index (κ1) is 39.8. The molecule has 0 aromatic heterocycles. The van der Waals surface area contributed by atoms with Gasteiger partial charge in [0.1, 0.15) is 24.0 Å². The van der Waals surface area contributed by atoms with Gasteiger partial charge in [-0.25, -0.2) is 0 Å². The number of quaternary nitrogens is 1.